The Morgan fingerprint density at radius 1 is 0.875 bits per heavy atom. The number of hydrogen-bond donors (Lipinski definition) is 0. The van der Waals surface area contributed by atoms with Gasteiger partial charge in [-0.25, -0.2) is 0 Å². The number of nitrogens with zero attached hydrogens (tertiary/aromatic N) is 4. The summed E-state index contributed by atoms with van der Waals surface area (Å²) in [7, 11) is 0. The number of benzene rings is 2. The van der Waals surface area contributed by atoms with Crippen molar-refractivity contribution in [1.82, 2.24) is 0 Å². The Kier molecular flexibility index (Phi) is 3.71. The minimum Gasteiger partial charge on any atom is -0.293 e. The predicted molar refractivity (Wildman–Crippen MR) is 97.7 cm³/mol. The zero-order valence-electron chi connectivity index (χ0n) is 12.7. The largest absolute Gasteiger partial charge is 0.293 e. The van der Waals surface area contributed by atoms with E-state index in [-0.39, 0.29) is 0 Å². The molecule has 0 N–H and O–H groups in total. The van der Waals surface area contributed by atoms with Crippen LogP contribution in [0.4, 0.5) is 5.69 Å². The lowest BCUT2D eigenvalue weighted by Crippen LogP contribution is -2.22. The first kappa shape index (κ1) is 15.1. The molecule has 0 amide bonds. The van der Waals surface area contributed by atoms with Gasteiger partial charge in [-0.2, -0.15) is 5.11 Å². The van der Waals surface area contributed by atoms with Crippen LogP contribution in [-0.4, -0.2) is 5.71 Å². The quantitative estimate of drug-likeness (QED) is 0.639. The fraction of sp³-hybridized carbons (Fsp3) is 0.0556. The number of hydrogen-bond acceptors (Lipinski definition) is 4. The summed E-state index contributed by atoms with van der Waals surface area (Å²) < 4.78 is 0. The fourth-order valence-electron chi connectivity index (χ4n) is 2.82. The number of fused-ring (bicyclic) bond motifs is 3. The molecule has 2 aromatic rings. The second-order valence-corrected chi connectivity index (χ2v) is 6.22. The molecule has 6 heteroatoms. The van der Waals surface area contributed by atoms with Crippen molar-refractivity contribution in [2.75, 3.05) is 4.90 Å². The second kappa shape index (κ2) is 5.89. The summed E-state index contributed by atoms with van der Waals surface area (Å²) in [6, 6.07) is 13.4. The molecule has 0 spiro atoms. The van der Waals surface area contributed by atoms with Gasteiger partial charge in [-0.05, 0) is 19.1 Å². The molecule has 0 saturated carbocycles. The molecule has 0 atom stereocenters. The molecule has 2 aliphatic rings. The van der Waals surface area contributed by atoms with E-state index in [1.54, 1.807) is 12.4 Å². The fourth-order valence-corrected chi connectivity index (χ4v) is 3.31. The predicted octanol–water partition coefficient (Wildman–Crippen LogP) is 5.78. The van der Waals surface area contributed by atoms with Crippen molar-refractivity contribution in [1.29, 1.82) is 0 Å². The number of aliphatic imine (C=N–C) groups is 1. The molecule has 2 heterocycles. The van der Waals surface area contributed by atoms with Gasteiger partial charge in [0.2, 0.25) is 0 Å². The molecular formula is C18H12Cl2N4. The summed E-state index contributed by atoms with van der Waals surface area (Å²) in [4.78, 5) is 6.60. The lowest BCUT2D eigenvalue weighted by atomic mass is 9.99. The van der Waals surface area contributed by atoms with Crippen LogP contribution in [0.15, 0.2) is 81.6 Å². The van der Waals surface area contributed by atoms with Crippen molar-refractivity contribution >= 4 is 34.6 Å². The topological polar surface area (TPSA) is 40.3 Å². The first-order valence-electron chi connectivity index (χ1n) is 7.36. The summed E-state index contributed by atoms with van der Waals surface area (Å²) in [5.74, 6) is 0.617. The Bertz CT molecular complexity index is 957. The molecule has 0 unspecified atom stereocenters. The minimum absolute atomic E-state index is 0.616. The van der Waals surface area contributed by atoms with Gasteiger partial charge in [-0.3, -0.25) is 9.89 Å². The molecule has 4 nitrogen and oxygen atoms in total. The number of rotatable bonds is 1. The molecule has 0 fully saturated rings. The van der Waals surface area contributed by atoms with Crippen molar-refractivity contribution in [2.45, 2.75) is 6.92 Å². The van der Waals surface area contributed by atoms with Gasteiger partial charge < -0.3 is 0 Å². The molecule has 0 aliphatic carbocycles. The van der Waals surface area contributed by atoms with Crippen LogP contribution in [-0.2, 0) is 0 Å². The van der Waals surface area contributed by atoms with E-state index in [2.05, 4.69) is 15.2 Å². The van der Waals surface area contributed by atoms with E-state index in [0.29, 0.717) is 15.9 Å². The molecule has 4 rings (SSSR count). The van der Waals surface area contributed by atoms with Crippen LogP contribution in [0.25, 0.3) is 0 Å². The van der Waals surface area contributed by atoms with Gasteiger partial charge >= 0.3 is 0 Å². The highest BCUT2D eigenvalue weighted by Gasteiger charge is 2.27. The Labute approximate surface area is 149 Å². The highest BCUT2D eigenvalue weighted by atomic mass is 35.5. The zero-order valence-corrected chi connectivity index (χ0v) is 14.3. The summed E-state index contributed by atoms with van der Waals surface area (Å²) >= 11 is 12.9. The highest BCUT2D eigenvalue weighted by molar-refractivity contribution is 6.38. The van der Waals surface area contributed by atoms with Crippen LogP contribution in [0.1, 0.15) is 18.1 Å². The maximum Gasteiger partial charge on any atom is 0.178 e. The maximum absolute atomic E-state index is 6.54. The van der Waals surface area contributed by atoms with Gasteiger partial charge in [-0.1, -0.05) is 53.5 Å². The highest BCUT2D eigenvalue weighted by Crippen LogP contribution is 2.40. The Morgan fingerprint density at radius 3 is 2.46 bits per heavy atom. The first-order valence-corrected chi connectivity index (χ1v) is 8.12. The molecule has 2 aromatic carbocycles. The van der Waals surface area contributed by atoms with Gasteiger partial charge in [0.1, 0.15) is 0 Å². The molecule has 2 aliphatic heterocycles. The SMILES string of the molecule is CC1=CN=NC2=CN=C(c3ccccc3Cl)c3cccc(Cl)c3N12. The standard InChI is InChI=1S/C18H12Cl2N4/c1-11-9-22-23-16-10-21-17(12-5-2-3-7-14(12)19)13-6-4-8-15(20)18(13)24(11)16/h2-10H,1H3. The normalized spacial score (nSPS) is 15.8. The number of anilines is 1. The number of halogens is 2. The average Bonchev–Trinajstić information content (AvgIpc) is 2.74. The third kappa shape index (κ3) is 2.35. The van der Waals surface area contributed by atoms with E-state index in [9.17, 15) is 0 Å². The molecule has 0 saturated heterocycles. The van der Waals surface area contributed by atoms with Crippen LogP contribution in [0.3, 0.4) is 0 Å². The second-order valence-electron chi connectivity index (χ2n) is 5.40. The third-order valence-corrected chi connectivity index (χ3v) is 4.52. The smallest absolute Gasteiger partial charge is 0.178 e. The van der Waals surface area contributed by atoms with Crippen LogP contribution >= 0.6 is 23.2 Å². The van der Waals surface area contributed by atoms with Crippen molar-refractivity contribution in [3.05, 3.63) is 87.6 Å². The number of allylic oxidation sites excluding steroid dienone is 1. The van der Waals surface area contributed by atoms with Gasteiger partial charge in [0.05, 0.1) is 28.8 Å². The molecule has 0 radical (unpaired) electrons. The van der Waals surface area contributed by atoms with Crippen molar-refractivity contribution in [3.63, 3.8) is 0 Å². The van der Waals surface area contributed by atoms with Crippen molar-refractivity contribution in [3.8, 4) is 0 Å². The monoisotopic (exact) mass is 354 g/mol. The van der Waals surface area contributed by atoms with E-state index in [0.717, 1.165) is 28.2 Å². The molecule has 24 heavy (non-hydrogen) atoms. The van der Waals surface area contributed by atoms with Gasteiger partial charge in [0.25, 0.3) is 0 Å². The van der Waals surface area contributed by atoms with E-state index in [1.807, 2.05) is 54.3 Å². The molecule has 0 bridgehead atoms. The van der Waals surface area contributed by atoms with Crippen LogP contribution in [0, 0.1) is 0 Å². The van der Waals surface area contributed by atoms with Gasteiger partial charge in [-0.15, -0.1) is 5.11 Å². The summed E-state index contributed by atoms with van der Waals surface area (Å²) in [5.41, 5.74) is 4.24. The summed E-state index contributed by atoms with van der Waals surface area (Å²) in [6.45, 7) is 1.96. The molecule has 118 valence electrons. The van der Waals surface area contributed by atoms with Crippen LogP contribution in [0.5, 0.6) is 0 Å². The lowest BCUT2D eigenvalue weighted by Gasteiger charge is -2.28. The first-order chi connectivity index (χ1) is 11.7. The summed E-state index contributed by atoms with van der Waals surface area (Å²) in [6.07, 6.45) is 3.39. The van der Waals surface area contributed by atoms with E-state index < -0.39 is 0 Å². The molecule has 0 aromatic heterocycles. The van der Waals surface area contributed by atoms with Crippen LogP contribution in [0.2, 0.25) is 10.0 Å². The summed E-state index contributed by atoms with van der Waals surface area (Å²) in [5, 5.41) is 9.46. The Hall–Kier alpha value is -2.43. The average molecular weight is 355 g/mol. The third-order valence-electron chi connectivity index (χ3n) is 3.89. The maximum atomic E-state index is 6.54. The Morgan fingerprint density at radius 2 is 1.62 bits per heavy atom. The van der Waals surface area contributed by atoms with Gasteiger partial charge in [0, 0.05) is 21.8 Å². The van der Waals surface area contributed by atoms with E-state index in [4.69, 9.17) is 23.2 Å². The molecular weight excluding hydrogens is 343 g/mol. The van der Waals surface area contributed by atoms with E-state index in [1.165, 1.54) is 0 Å². The number of para-hydroxylation sites is 1. The lowest BCUT2D eigenvalue weighted by molar-refractivity contribution is 0.929. The van der Waals surface area contributed by atoms with Crippen molar-refractivity contribution < 1.29 is 0 Å². The van der Waals surface area contributed by atoms with E-state index >= 15 is 0 Å². The van der Waals surface area contributed by atoms with Gasteiger partial charge in [0.15, 0.2) is 5.82 Å². The van der Waals surface area contributed by atoms with Crippen LogP contribution < -0.4 is 4.90 Å². The number of azo groups is 1. The zero-order chi connectivity index (χ0) is 16.7. The Balaban J connectivity index is 2.03. The van der Waals surface area contributed by atoms with Crippen molar-refractivity contribution in [2.24, 2.45) is 15.2 Å². The minimum atomic E-state index is 0.616.